The highest BCUT2D eigenvalue weighted by atomic mass is 15.0. The third-order valence-corrected chi connectivity index (χ3v) is 3.64. The molecule has 1 aromatic carbocycles. The number of nitrogen functional groups attached to an aromatic ring is 1. The largest absolute Gasteiger partial charge is 0.397 e. The number of nitrogens with two attached hydrogens (primary N) is 1. The molecule has 2 aromatic heterocycles. The van der Waals surface area contributed by atoms with Gasteiger partial charge in [-0.25, -0.2) is 4.98 Å². The third kappa shape index (κ3) is 1.97. The van der Waals surface area contributed by atoms with Crippen LogP contribution in [0.4, 0.5) is 5.69 Å². The minimum atomic E-state index is 0.788. The number of hydrogen-bond donors (Lipinski definition) is 1. The highest BCUT2D eigenvalue weighted by Gasteiger charge is 2.06. The summed E-state index contributed by atoms with van der Waals surface area (Å²) in [6, 6.07) is 8.43. The van der Waals surface area contributed by atoms with Crippen LogP contribution in [0.25, 0.3) is 16.9 Å². The Hall–Kier alpha value is -2.29. The van der Waals surface area contributed by atoms with Crippen LogP contribution >= 0.6 is 0 Å². The lowest BCUT2D eigenvalue weighted by molar-refractivity contribution is 1.18. The molecule has 3 aromatic rings. The Kier molecular flexibility index (Phi) is 2.56. The van der Waals surface area contributed by atoms with Crippen molar-refractivity contribution in [1.29, 1.82) is 0 Å². The number of aryl methyl sites for hydroxylation is 3. The van der Waals surface area contributed by atoms with Gasteiger partial charge in [-0.3, -0.25) is 0 Å². The van der Waals surface area contributed by atoms with Gasteiger partial charge in [0.15, 0.2) is 0 Å². The van der Waals surface area contributed by atoms with Gasteiger partial charge >= 0.3 is 0 Å². The topological polar surface area (TPSA) is 43.3 Å². The van der Waals surface area contributed by atoms with Gasteiger partial charge in [0.1, 0.15) is 5.65 Å². The van der Waals surface area contributed by atoms with E-state index in [-0.39, 0.29) is 0 Å². The molecule has 0 aliphatic carbocycles. The monoisotopic (exact) mass is 251 g/mol. The number of aromatic nitrogens is 2. The van der Waals surface area contributed by atoms with Gasteiger partial charge in [-0.05, 0) is 49.6 Å². The summed E-state index contributed by atoms with van der Waals surface area (Å²) < 4.78 is 1.98. The fourth-order valence-corrected chi connectivity index (χ4v) is 2.19. The molecule has 3 rings (SSSR count). The molecule has 19 heavy (non-hydrogen) atoms. The molecule has 2 N–H and O–H groups in total. The molecule has 0 radical (unpaired) electrons. The van der Waals surface area contributed by atoms with Crippen molar-refractivity contribution in [3.8, 4) is 11.3 Å². The van der Waals surface area contributed by atoms with E-state index in [1.54, 1.807) is 0 Å². The van der Waals surface area contributed by atoms with Crippen molar-refractivity contribution >= 4 is 11.3 Å². The molecule has 0 aliphatic rings. The van der Waals surface area contributed by atoms with Gasteiger partial charge in [0, 0.05) is 18.0 Å². The van der Waals surface area contributed by atoms with Crippen molar-refractivity contribution in [3.63, 3.8) is 0 Å². The highest BCUT2D eigenvalue weighted by molar-refractivity contribution is 5.65. The average Bonchev–Trinajstić information content (AvgIpc) is 2.76. The second-order valence-corrected chi connectivity index (χ2v) is 5.10. The molecule has 0 aliphatic heterocycles. The Bertz CT molecular complexity index is 730. The highest BCUT2D eigenvalue weighted by Crippen LogP contribution is 2.23. The number of anilines is 1. The molecule has 0 fully saturated rings. The lowest BCUT2D eigenvalue weighted by Gasteiger charge is -2.01. The molecular weight excluding hydrogens is 234 g/mol. The van der Waals surface area contributed by atoms with Gasteiger partial charge in [-0.15, -0.1) is 0 Å². The molecule has 3 nitrogen and oxygen atoms in total. The summed E-state index contributed by atoms with van der Waals surface area (Å²) in [4.78, 5) is 4.66. The van der Waals surface area contributed by atoms with E-state index in [9.17, 15) is 0 Å². The average molecular weight is 251 g/mol. The summed E-state index contributed by atoms with van der Waals surface area (Å²) in [5.74, 6) is 0. The van der Waals surface area contributed by atoms with Gasteiger partial charge in [-0.2, -0.15) is 0 Å². The first kappa shape index (κ1) is 11.8. The fraction of sp³-hybridized carbons (Fsp3) is 0.188. The summed E-state index contributed by atoms with van der Waals surface area (Å²) in [5.41, 5.74) is 13.4. The van der Waals surface area contributed by atoms with E-state index in [0.29, 0.717) is 0 Å². The van der Waals surface area contributed by atoms with Crippen LogP contribution in [-0.4, -0.2) is 9.38 Å². The second kappa shape index (κ2) is 4.12. The minimum absolute atomic E-state index is 0.788. The van der Waals surface area contributed by atoms with E-state index < -0.39 is 0 Å². The molecule has 0 amide bonds. The zero-order valence-electron chi connectivity index (χ0n) is 11.4. The van der Waals surface area contributed by atoms with Crippen molar-refractivity contribution in [2.75, 3.05) is 5.73 Å². The van der Waals surface area contributed by atoms with Crippen LogP contribution in [-0.2, 0) is 0 Å². The van der Waals surface area contributed by atoms with Crippen molar-refractivity contribution in [1.82, 2.24) is 9.38 Å². The van der Waals surface area contributed by atoms with Gasteiger partial charge in [0.25, 0.3) is 0 Å². The summed E-state index contributed by atoms with van der Waals surface area (Å²) in [7, 11) is 0. The molecule has 0 unspecified atom stereocenters. The van der Waals surface area contributed by atoms with E-state index in [1.165, 1.54) is 11.1 Å². The van der Waals surface area contributed by atoms with Crippen LogP contribution in [0, 0.1) is 20.8 Å². The van der Waals surface area contributed by atoms with Crippen LogP contribution in [0.15, 0.2) is 36.7 Å². The SMILES string of the molecule is Cc1ccc(-c2cn3cc(N)c(C)cc3n2)cc1C. The lowest BCUT2D eigenvalue weighted by Crippen LogP contribution is -1.93. The molecule has 2 heterocycles. The van der Waals surface area contributed by atoms with Gasteiger partial charge in [0.05, 0.1) is 11.4 Å². The number of hydrogen-bond acceptors (Lipinski definition) is 2. The van der Waals surface area contributed by atoms with Crippen LogP contribution in [0.2, 0.25) is 0 Å². The van der Waals surface area contributed by atoms with Crippen molar-refractivity contribution in [3.05, 3.63) is 53.3 Å². The first-order valence-electron chi connectivity index (χ1n) is 6.37. The Morgan fingerprint density at radius 2 is 1.74 bits per heavy atom. The van der Waals surface area contributed by atoms with E-state index in [0.717, 1.165) is 28.2 Å². The van der Waals surface area contributed by atoms with Crippen LogP contribution in [0.3, 0.4) is 0 Å². The zero-order valence-corrected chi connectivity index (χ0v) is 11.4. The van der Waals surface area contributed by atoms with Crippen molar-refractivity contribution in [2.24, 2.45) is 0 Å². The second-order valence-electron chi connectivity index (χ2n) is 5.10. The summed E-state index contributed by atoms with van der Waals surface area (Å²) in [5, 5.41) is 0. The summed E-state index contributed by atoms with van der Waals surface area (Å²) >= 11 is 0. The molecule has 0 saturated carbocycles. The van der Waals surface area contributed by atoms with E-state index in [2.05, 4.69) is 37.0 Å². The minimum Gasteiger partial charge on any atom is -0.397 e. The van der Waals surface area contributed by atoms with Gasteiger partial charge in [0.2, 0.25) is 0 Å². The van der Waals surface area contributed by atoms with E-state index in [1.807, 2.05) is 29.8 Å². The first-order valence-corrected chi connectivity index (χ1v) is 6.37. The maximum absolute atomic E-state index is 5.93. The Labute approximate surface area is 112 Å². The number of imidazole rings is 1. The van der Waals surface area contributed by atoms with E-state index >= 15 is 0 Å². The Morgan fingerprint density at radius 3 is 2.47 bits per heavy atom. The molecule has 96 valence electrons. The standard InChI is InChI=1S/C16H17N3/c1-10-4-5-13(6-11(10)2)15-9-19-8-14(17)12(3)7-16(19)18-15/h4-9H,17H2,1-3H3. The molecule has 0 atom stereocenters. The van der Waals surface area contributed by atoms with Gasteiger partial charge in [-0.1, -0.05) is 12.1 Å². The normalized spacial score (nSPS) is 11.1. The fourth-order valence-electron chi connectivity index (χ4n) is 2.19. The molecule has 3 heteroatoms. The summed E-state index contributed by atoms with van der Waals surface area (Å²) in [6.07, 6.45) is 3.94. The number of pyridine rings is 1. The molecule has 0 spiro atoms. The Morgan fingerprint density at radius 1 is 0.947 bits per heavy atom. The molecular formula is C16H17N3. The number of benzene rings is 1. The number of nitrogens with zero attached hydrogens (tertiary/aromatic N) is 2. The molecule has 0 saturated heterocycles. The quantitative estimate of drug-likeness (QED) is 0.719. The molecule has 0 bridgehead atoms. The summed E-state index contributed by atoms with van der Waals surface area (Å²) in [6.45, 7) is 6.24. The zero-order chi connectivity index (χ0) is 13.6. The predicted molar refractivity (Wildman–Crippen MR) is 79.3 cm³/mol. The third-order valence-electron chi connectivity index (χ3n) is 3.64. The van der Waals surface area contributed by atoms with Crippen LogP contribution in [0.5, 0.6) is 0 Å². The van der Waals surface area contributed by atoms with Crippen LogP contribution < -0.4 is 5.73 Å². The maximum atomic E-state index is 5.93. The van der Waals surface area contributed by atoms with E-state index in [4.69, 9.17) is 5.73 Å². The van der Waals surface area contributed by atoms with Crippen molar-refractivity contribution in [2.45, 2.75) is 20.8 Å². The lowest BCUT2D eigenvalue weighted by atomic mass is 10.1. The predicted octanol–water partition coefficient (Wildman–Crippen LogP) is 3.51. The maximum Gasteiger partial charge on any atom is 0.137 e. The Balaban J connectivity index is 2.17. The number of rotatable bonds is 1. The van der Waals surface area contributed by atoms with Crippen molar-refractivity contribution < 1.29 is 0 Å². The first-order chi connectivity index (χ1) is 9.04. The smallest absolute Gasteiger partial charge is 0.137 e. The number of fused-ring (bicyclic) bond motifs is 1. The van der Waals surface area contributed by atoms with Gasteiger partial charge < -0.3 is 10.1 Å². The van der Waals surface area contributed by atoms with Crippen LogP contribution in [0.1, 0.15) is 16.7 Å².